The Morgan fingerprint density at radius 3 is 2.50 bits per heavy atom. The molecule has 0 fully saturated rings. The molecule has 1 nitrogen and oxygen atoms in total. The zero-order chi connectivity index (χ0) is 15.8. The third-order valence-electron chi connectivity index (χ3n) is 4.07. The normalized spacial score (nSPS) is 11.9. The predicted octanol–water partition coefficient (Wildman–Crippen LogP) is 6.14. The van der Waals surface area contributed by atoms with E-state index in [2.05, 4.69) is 49.3 Å². The van der Waals surface area contributed by atoms with Crippen LogP contribution in [0, 0.1) is 5.92 Å². The first-order valence-corrected chi connectivity index (χ1v) is 8.09. The van der Waals surface area contributed by atoms with E-state index in [1.807, 2.05) is 30.5 Å². The van der Waals surface area contributed by atoms with Crippen molar-refractivity contribution in [3.63, 3.8) is 0 Å². The molecular weight excluding hydrogens is 266 g/mol. The maximum absolute atomic E-state index is 4.39. The molecule has 0 radical (unpaired) electrons. The number of benzene rings is 1. The van der Waals surface area contributed by atoms with E-state index < -0.39 is 0 Å². The fourth-order valence-corrected chi connectivity index (χ4v) is 2.65. The van der Waals surface area contributed by atoms with Crippen molar-refractivity contribution in [2.45, 2.75) is 32.6 Å². The maximum Gasteiger partial charge on any atom is 0.0701 e. The van der Waals surface area contributed by atoms with Crippen LogP contribution < -0.4 is 0 Å². The third-order valence-corrected chi connectivity index (χ3v) is 4.07. The SMILES string of the molecule is C=CC(CCCCC)C(=C)c1ccc(-c2ccccn2)cc1. The van der Waals surface area contributed by atoms with Gasteiger partial charge in [0.25, 0.3) is 0 Å². The van der Waals surface area contributed by atoms with E-state index in [-0.39, 0.29) is 0 Å². The molecule has 0 bridgehead atoms. The molecule has 114 valence electrons. The summed E-state index contributed by atoms with van der Waals surface area (Å²) < 4.78 is 0. The highest BCUT2D eigenvalue weighted by Crippen LogP contribution is 2.28. The second-order valence-corrected chi connectivity index (χ2v) is 5.66. The van der Waals surface area contributed by atoms with Gasteiger partial charge in [-0.3, -0.25) is 4.98 Å². The van der Waals surface area contributed by atoms with Gasteiger partial charge < -0.3 is 0 Å². The zero-order valence-corrected chi connectivity index (χ0v) is 13.5. The Morgan fingerprint density at radius 2 is 1.91 bits per heavy atom. The van der Waals surface area contributed by atoms with Gasteiger partial charge in [0.1, 0.15) is 0 Å². The second-order valence-electron chi connectivity index (χ2n) is 5.66. The van der Waals surface area contributed by atoms with Gasteiger partial charge in [0, 0.05) is 17.7 Å². The lowest BCUT2D eigenvalue weighted by Crippen LogP contribution is -1.99. The molecule has 0 aliphatic rings. The molecule has 0 spiro atoms. The van der Waals surface area contributed by atoms with Crippen LogP contribution in [0.1, 0.15) is 38.2 Å². The third kappa shape index (κ3) is 4.17. The lowest BCUT2D eigenvalue weighted by Gasteiger charge is -2.16. The van der Waals surface area contributed by atoms with E-state index in [4.69, 9.17) is 0 Å². The van der Waals surface area contributed by atoms with Crippen LogP contribution in [-0.4, -0.2) is 4.98 Å². The molecule has 0 saturated heterocycles. The van der Waals surface area contributed by atoms with Crippen molar-refractivity contribution in [2.24, 2.45) is 5.92 Å². The average Bonchev–Trinajstić information content (AvgIpc) is 2.59. The molecule has 1 aromatic heterocycles. The first-order valence-electron chi connectivity index (χ1n) is 8.09. The van der Waals surface area contributed by atoms with Crippen LogP contribution in [0.2, 0.25) is 0 Å². The van der Waals surface area contributed by atoms with Crippen LogP contribution in [0.25, 0.3) is 16.8 Å². The predicted molar refractivity (Wildman–Crippen MR) is 96.5 cm³/mol. The molecular formula is C21H25N. The fourth-order valence-electron chi connectivity index (χ4n) is 2.65. The van der Waals surface area contributed by atoms with Crippen molar-refractivity contribution >= 4 is 5.57 Å². The van der Waals surface area contributed by atoms with Crippen LogP contribution in [0.4, 0.5) is 0 Å². The summed E-state index contributed by atoms with van der Waals surface area (Å²) in [6, 6.07) is 14.5. The van der Waals surface area contributed by atoms with Crippen molar-refractivity contribution in [2.75, 3.05) is 0 Å². The number of unbranched alkanes of at least 4 members (excludes halogenated alkanes) is 2. The number of hydrogen-bond acceptors (Lipinski definition) is 1. The van der Waals surface area contributed by atoms with Gasteiger partial charge in [-0.1, -0.05) is 69.2 Å². The van der Waals surface area contributed by atoms with Crippen LogP contribution >= 0.6 is 0 Å². The molecule has 0 saturated carbocycles. The van der Waals surface area contributed by atoms with Crippen molar-refractivity contribution in [1.82, 2.24) is 4.98 Å². The van der Waals surface area contributed by atoms with E-state index in [0.717, 1.165) is 17.7 Å². The second kappa shape index (κ2) is 8.33. The lowest BCUT2D eigenvalue weighted by molar-refractivity contribution is 0.621. The van der Waals surface area contributed by atoms with Gasteiger partial charge in [-0.2, -0.15) is 0 Å². The van der Waals surface area contributed by atoms with E-state index in [1.165, 1.54) is 30.4 Å². The van der Waals surface area contributed by atoms with Gasteiger partial charge in [-0.15, -0.1) is 6.58 Å². The number of aromatic nitrogens is 1. The van der Waals surface area contributed by atoms with Gasteiger partial charge in [-0.25, -0.2) is 0 Å². The highest BCUT2D eigenvalue weighted by atomic mass is 14.7. The molecule has 2 rings (SSSR count). The molecule has 1 heterocycles. The Balaban J connectivity index is 2.08. The largest absolute Gasteiger partial charge is 0.256 e. The number of pyridine rings is 1. The minimum atomic E-state index is 0.368. The summed E-state index contributed by atoms with van der Waals surface area (Å²) in [5, 5.41) is 0. The highest BCUT2D eigenvalue weighted by Gasteiger charge is 2.10. The van der Waals surface area contributed by atoms with Gasteiger partial charge in [0.05, 0.1) is 5.69 Å². The smallest absolute Gasteiger partial charge is 0.0701 e. The summed E-state index contributed by atoms with van der Waals surface area (Å²) in [6.45, 7) is 10.5. The Labute approximate surface area is 134 Å². The van der Waals surface area contributed by atoms with Gasteiger partial charge in [-0.05, 0) is 29.7 Å². The van der Waals surface area contributed by atoms with E-state index in [0.29, 0.717) is 5.92 Å². The quantitative estimate of drug-likeness (QED) is 0.420. The molecule has 2 aromatic rings. The molecule has 1 heteroatoms. The summed E-state index contributed by atoms with van der Waals surface area (Å²) in [5.41, 5.74) is 4.50. The molecule has 0 aliphatic carbocycles. The van der Waals surface area contributed by atoms with Crippen LogP contribution in [-0.2, 0) is 0 Å². The highest BCUT2D eigenvalue weighted by molar-refractivity contribution is 5.70. The van der Waals surface area contributed by atoms with Crippen molar-refractivity contribution in [3.05, 3.63) is 73.5 Å². The number of allylic oxidation sites excluding steroid dienone is 2. The zero-order valence-electron chi connectivity index (χ0n) is 13.5. The van der Waals surface area contributed by atoms with Crippen LogP contribution in [0.3, 0.4) is 0 Å². The van der Waals surface area contributed by atoms with Crippen LogP contribution in [0.15, 0.2) is 67.9 Å². The summed E-state index contributed by atoms with van der Waals surface area (Å²) >= 11 is 0. The van der Waals surface area contributed by atoms with Gasteiger partial charge in [0.15, 0.2) is 0 Å². The fraction of sp³-hybridized carbons (Fsp3) is 0.286. The molecule has 1 unspecified atom stereocenters. The number of rotatable bonds is 8. The molecule has 0 amide bonds. The monoisotopic (exact) mass is 291 g/mol. The first-order chi connectivity index (χ1) is 10.8. The minimum absolute atomic E-state index is 0.368. The van der Waals surface area contributed by atoms with E-state index >= 15 is 0 Å². The summed E-state index contributed by atoms with van der Waals surface area (Å²) in [7, 11) is 0. The molecule has 0 aliphatic heterocycles. The van der Waals surface area contributed by atoms with Gasteiger partial charge >= 0.3 is 0 Å². The minimum Gasteiger partial charge on any atom is -0.256 e. The Hall–Kier alpha value is -2.15. The Kier molecular flexibility index (Phi) is 6.14. The molecule has 1 atom stereocenters. The standard InChI is InChI=1S/C21H25N/c1-4-6-7-10-18(5-2)17(3)19-12-14-20(15-13-19)21-11-8-9-16-22-21/h5,8-9,11-16,18H,2-4,6-7,10H2,1H3. The Morgan fingerprint density at radius 1 is 1.14 bits per heavy atom. The van der Waals surface area contributed by atoms with Crippen molar-refractivity contribution in [3.8, 4) is 11.3 Å². The average molecular weight is 291 g/mol. The van der Waals surface area contributed by atoms with Crippen molar-refractivity contribution in [1.29, 1.82) is 0 Å². The topological polar surface area (TPSA) is 12.9 Å². The van der Waals surface area contributed by atoms with Gasteiger partial charge in [0.2, 0.25) is 0 Å². The van der Waals surface area contributed by atoms with Crippen molar-refractivity contribution < 1.29 is 0 Å². The van der Waals surface area contributed by atoms with E-state index in [9.17, 15) is 0 Å². The lowest BCUT2D eigenvalue weighted by atomic mass is 9.89. The summed E-state index contributed by atoms with van der Waals surface area (Å²) in [4.78, 5) is 4.39. The van der Waals surface area contributed by atoms with Crippen LogP contribution in [0.5, 0.6) is 0 Å². The van der Waals surface area contributed by atoms with E-state index in [1.54, 1.807) is 0 Å². The summed E-state index contributed by atoms with van der Waals surface area (Å²) in [5.74, 6) is 0.368. The molecule has 1 aromatic carbocycles. The maximum atomic E-state index is 4.39. The Bertz CT molecular complexity index is 596. The molecule has 0 N–H and O–H groups in total. The first kappa shape index (κ1) is 16.2. The number of nitrogens with zero attached hydrogens (tertiary/aromatic N) is 1. The number of hydrogen-bond donors (Lipinski definition) is 0. The summed E-state index contributed by atoms with van der Waals surface area (Å²) in [6.07, 6.45) is 8.75. The molecule has 22 heavy (non-hydrogen) atoms.